The van der Waals surface area contributed by atoms with Gasteiger partial charge in [-0.2, -0.15) is 0 Å². The number of hydrogen-bond donors (Lipinski definition) is 2. The lowest BCUT2D eigenvalue weighted by Crippen LogP contribution is -2.41. The van der Waals surface area contributed by atoms with E-state index in [2.05, 4.69) is 19.2 Å². The maximum Gasteiger partial charge on any atom is 0.337 e. The van der Waals surface area contributed by atoms with Crippen molar-refractivity contribution in [1.29, 1.82) is 0 Å². The smallest absolute Gasteiger partial charge is 0.337 e. The second-order valence-electron chi connectivity index (χ2n) is 8.24. The average Bonchev–Trinajstić information content (AvgIpc) is 3.03. The van der Waals surface area contributed by atoms with Crippen LogP contribution in [-0.4, -0.2) is 32.7 Å². The third-order valence-corrected chi connectivity index (χ3v) is 8.29. The number of carbonyl (C=O) groups is 1. The van der Waals surface area contributed by atoms with Gasteiger partial charge in [0.2, 0.25) is 0 Å². The van der Waals surface area contributed by atoms with Crippen LogP contribution in [0.2, 0.25) is 0 Å². The van der Waals surface area contributed by atoms with Gasteiger partial charge in [0.05, 0.1) is 26.4 Å². The Kier molecular flexibility index (Phi) is 5.68. The van der Waals surface area contributed by atoms with E-state index in [0.717, 1.165) is 12.0 Å². The number of benzene rings is 2. The zero-order valence-electron chi connectivity index (χ0n) is 16.6. The number of carboxylic acid groups (broad SMARTS) is 1. The highest BCUT2D eigenvalue weighted by Crippen LogP contribution is 2.56. The van der Waals surface area contributed by atoms with E-state index in [1.807, 2.05) is 6.07 Å². The summed E-state index contributed by atoms with van der Waals surface area (Å²) in [4.78, 5) is 23.5. The molecule has 1 fully saturated rings. The first-order valence-electron chi connectivity index (χ1n) is 9.96. The number of halogens is 1. The topological polar surface area (TPSA) is 92.5 Å². The molecule has 1 heterocycles. The summed E-state index contributed by atoms with van der Waals surface area (Å²) in [6.07, 6.45) is 0.808. The fraction of sp³-hybridized carbons (Fsp3) is 0.409. The SMILES string of the molecule is CC(C)[C@H]1Nc2c(C(=O)O)cccc2[C@H]2[C@@H](Cl)[C@@H](Sc3ccccc3[N+](=O)[O-])C[C@H]21. The molecule has 0 amide bonds. The lowest BCUT2D eigenvalue weighted by molar-refractivity contribution is -0.387. The molecule has 2 aromatic rings. The minimum atomic E-state index is -0.963. The van der Waals surface area contributed by atoms with E-state index in [9.17, 15) is 20.0 Å². The van der Waals surface area contributed by atoms with Crippen molar-refractivity contribution in [2.45, 2.75) is 47.8 Å². The van der Waals surface area contributed by atoms with Crippen LogP contribution in [0.4, 0.5) is 11.4 Å². The predicted molar refractivity (Wildman–Crippen MR) is 119 cm³/mol. The quantitative estimate of drug-likeness (QED) is 0.352. The van der Waals surface area contributed by atoms with Gasteiger partial charge < -0.3 is 10.4 Å². The summed E-state index contributed by atoms with van der Waals surface area (Å²) in [5.74, 6) is -0.458. The van der Waals surface area contributed by atoms with Crippen LogP contribution < -0.4 is 5.32 Å². The molecule has 2 aromatic carbocycles. The van der Waals surface area contributed by atoms with Crippen molar-refractivity contribution in [2.75, 3.05) is 5.32 Å². The summed E-state index contributed by atoms with van der Waals surface area (Å²) in [7, 11) is 0. The normalized spacial score (nSPS) is 27.3. The Morgan fingerprint density at radius 2 is 2.00 bits per heavy atom. The number of anilines is 1. The Hall–Kier alpha value is -2.25. The van der Waals surface area contributed by atoms with Crippen molar-refractivity contribution in [3.8, 4) is 0 Å². The molecular formula is C22H23ClN2O4S. The minimum absolute atomic E-state index is 0.00474. The van der Waals surface area contributed by atoms with Gasteiger partial charge in [0.25, 0.3) is 5.69 Å². The van der Waals surface area contributed by atoms with E-state index in [1.54, 1.807) is 30.3 Å². The van der Waals surface area contributed by atoms with Crippen molar-refractivity contribution in [2.24, 2.45) is 11.8 Å². The van der Waals surface area contributed by atoms with Crippen LogP contribution in [0.5, 0.6) is 0 Å². The Bertz CT molecular complexity index is 999. The Morgan fingerprint density at radius 3 is 2.67 bits per heavy atom. The number of nitrogens with zero attached hydrogens (tertiary/aromatic N) is 1. The Labute approximate surface area is 184 Å². The second kappa shape index (κ2) is 8.12. The van der Waals surface area contributed by atoms with E-state index in [-0.39, 0.29) is 50.6 Å². The van der Waals surface area contributed by atoms with Crippen LogP contribution in [0.3, 0.4) is 0 Å². The number of nitro benzene ring substituents is 1. The van der Waals surface area contributed by atoms with Gasteiger partial charge in [-0.25, -0.2) is 4.79 Å². The molecule has 2 N–H and O–H groups in total. The van der Waals surface area contributed by atoms with E-state index in [1.165, 1.54) is 17.8 Å². The molecule has 1 aliphatic carbocycles. The van der Waals surface area contributed by atoms with Gasteiger partial charge >= 0.3 is 5.97 Å². The van der Waals surface area contributed by atoms with Gasteiger partial charge in [0.1, 0.15) is 0 Å². The van der Waals surface area contributed by atoms with Gasteiger partial charge in [-0.15, -0.1) is 23.4 Å². The predicted octanol–water partition coefficient (Wildman–Crippen LogP) is 5.61. The maximum atomic E-state index is 11.8. The molecule has 30 heavy (non-hydrogen) atoms. The summed E-state index contributed by atoms with van der Waals surface area (Å²) in [6, 6.07) is 12.2. The molecule has 158 valence electrons. The van der Waals surface area contributed by atoms with Crippen LogP contribution in [0.15, 0.2) is 47.4 Å². The van der Waals surface area contributed by atoms with Gasteiger partial charge in [-0.05, 0) is 36.0 Å². The first-order valence-corrected chi connectivity index (χ1v) is 11.3. The molecule has 0 spiro atoms. The van der Waals surface area contributed by atoms with Crippen LogP contribution in [0.1, 0.15) is 42.1 Å². The molecular weight excluding hydrogens is 424 g/mol. The van der Waals surface area contributed by atoms with Crippen LogP contribution in [-0.2, 0) is 0 Å². The summed E-state index contributed by atoms with van der Waals surface area (Å²) >= 11 is 8.46. The number of para-hydroxylation sites is 2. The van der Waals surface area contributed by atoms with Crippen molar-refractivity contribution in [1.82, 2.24) is 0 Å². The van der Waals surface area contributed by atoms with E-state index < -0.39 is 5.97 Å². The van der Waals surface area contributed by atoms with Gasteiger partial charge in [-0.1, -0.05) is 38.1 Å². The number of nitrogens with one attached hydrogen (secondary N) is 1. The molecule has 6 nitrogen and oxygen atoms in total. The molecule has 2 aliphatic rings. The molecule has 0 radical (unpaired) electrons. The molecule has 0 saturated heterocycles. The third-order valence-electron chi connectivity index (χ3n) is 6.18. The zero-order valence-corrected chi connectivity index (χ0v) is 18.2. The van der Waals surface area contributed by atoms with Gasteiger partial charge in [0.15, 0.2) is 0 Å². The second-order valence-corrected chi connectivity index (χ2v) is 10.0. The number of thioether (sulfide) groups is 1. The van der Waals surface area contributed by atoms with Crippen LogP contribution in [0, 0.1) is 22.0 Å². The highest BCUT2D eigenvalue weighted by molar-refractivity contribution is 8.00. The average molecular weight is 447 g/mol. The molecule has 1 saturated carbocycles. The van der Waals surface area contributed by atoms with E-state index in [0.29, 0.717) is 10.6 Å². The molecule has 0 unspecified atom stereocenters. The van der Waals surface area contributed by atoms with Gasteiger partial charge in [0, 0.05) is 23.3 Å². The molecule has 0 bridgehead atoms. The summed E-state index contributed by atoms with van der Waals surface area (Å²) in [5.41, 5.74) is 1.94. The van der Waals surface area contributed by atoms with Crippen molar-refractivity contribution in [3.63, 3.8) is 0 Å². The zero-order chi connectivity index (χ0) is 21.6. The number of carboxylic acids is 1. The largest absolute Gasteiger partial charge is 0.478 e. The lowest BCUT2D eigenvalue weighted by Gasteiger charge is -2.40. The standard InChI is InChI=1S/C22H23ClN2O4S/c1-11(2)20-14-10-17(30-16-9-4-3-8-15(16)25(28)29)19(23)18(14)12-6-5-7-13(22(26)27)21(12)24-20/h3-9,11,14,17-20,24H,10H2,1-2H3,(H,26,27)/t14-,17+,18-,19+,20-/m1/s1. The first-order chi connectivity index (χ1) is 14.3. The number of rotatable bonds is 5. The third kappa shape index (κ3) is 3.54. The lowest BCUT2D eigenvalue weighted by atomic mass is 9.75. The minimum Gasteiger partial charge on any atom is -0.478 e. The van der Waals surface area contributed by atoms with E-state index in [4.69, 9.17) is 11.6 Å². The van der Waals surface area contributed by atoms with Crippen LogP contribution in [0.25, 0.3) is 0 Å². The first kappa shape index (κ1) is 21.0. The summed E-state index contributed by atoms with van der Waals surface area (Å²) in [5, 5.41) is 24.3. The molecule has 0 aromatic heterocycles. The highest BCUT2D eigenvalue weighted by atomic mass is 35.5. The monoisotopic (exact) mass is 446 g/mol. The maximum absolute atomic E-state index is 11.8. The van der Waals surface area contributed by atoms with Crippen molar-refractivity contribution in [3.05, 3.63) is 63.7 Å². The fourth-order valence-corrected chi connectivity index (χ4v) is 6.83. The number of fused-ring (bicyclic) bond motifs is 3. The highest BCUT2D eigenvalue weighted by Gasteiger charge is 2.51. The number of hydrogen-bond acceptors (Lipinski definition) is 5. The van der Waals surface area contributed by atoms with E-state index >= 15 is 0 Å². The van der Waals surface area contributed by atoms with Crippen LogP contribution >= 0.6 is 23.4 Å². The summed E-state index contributed by atoms with van der Waals surface area (Å²) in [6.45, 7) is 4.24. The Morgan fingerprint density at radius 1 is 1.27 bits per heavy atom. The summed E-state index contributed by atoms with van der Waals surface area (Å²) < 4.78 is 0. The molecule has 8 heteroatoms. The molecule has 5 atom stereocenters. The fourth-order valence-electron chi connectivity index (χ4n) is 4.89. The Balaban J connectivity index is 1.72. The molecule has 1 aliphatic heterocycles. The number of nitro groups is 1. The van der Waals surface area contributed by atoms with Gasteiger partial charge in [-0.3, -0.25) is 10.1 Å². The number of alkyl halides is 1. The molecule has 4 rings (SSSR count). The van der Waals surface area contributed by atoms with Crippen molar-refractivity contribution >= 4 is 40.7 Å². The van der Waals surface area contributed by atoms with Crippen molar-refractivity contribution < 1.29 is 14.8 Å². The number of aromatic carboxylic acids is 1.